The molecule has 136 valence electrons. The zero-order chi connectivity index (χ0) is 18.8. The third kappa shape index (κ3) is 3.66. The van der Waals surface area contributed by atoms with Crippen molar-refractivity contribution in [3.05, 3.63) is 88.8 Å². The first kappa shape index (κ1) is 17.9. The van der Waals surface area contributed by atoms with Crippen molar-refractivity contribution in [1.29, 1.82) is 0 Å². The van der Waals surface area contributed by atoms with Gasteiger partial charge in [0.15, 0.2) is 11.0 Å². The van der Waals surface area contributed by atoms with Crippen LogP contribution in [0.15, 0.2) is 76.5 Å². The summed E-state index contributed by atoms with van der Waals surface area (Å²) in [6.45, 7) is 1.93. The molecule has 0 radical (unpaired) electrons. The highest BCUT2D eigenvalue weighted by Crippen LogP contribution is 2.40. The fourth-order valence-electron chi connectivity index (χ4n) is 2.97. The van der Waals surface area contributed by atoms with E-state index >= 15 is 0 Å². The van der Waals surface area contributed by atoms with Gasteiger partial charge in [-0.05, 0) is 36.2 Å². The number of benzene rings is 2. The summed E-state index contributed by atoms with van der Waals surface area (Å²) in [5.41, 5.74) is 3.33. The van der Waals surface area contributed by atoms with Gasteiger partial charge in [-0.3, -0.25) is 0 Å². The molecular weight excluding hydrogens is 378 g/mol. The highest BCUT2D eigenvalue weighted by Gasteiger charge is 2.21. The summed E-state index contributed by atoms with van der Waals surface area (Å²) in [6.07, 6.45) is 1.67. The molecule has 0 spiro atoms. The van der Waals surface area contributed by atoms with Crippen LogP contribution in [-0.4, -0.2) is 14.8 Å². The van der Waals surface area contributed by atoms with Crippen LogP contribution in [0.25, 0.3) is 11.4 Å². The fraction of sp³-hybridized carbons (Fsp3) is 0.143. The van der Waals surface area contributed by atoms with Gasteiger partial charge in [-0.25, -0.2) is 0 Å². The molecule has 2 heterocycles. The highest BCUT2D eigenvalue weighted by molar-refractivity contribution is 7.99. The number of furan rings is 1. The Bertz CT molecular complexity index is 1040. The molecule has 2 aromatic heterocycles. The Labute approximate surface area is 167 Å². The van der Waals surface area contributed by atoms with Crippen molar-refractivity contribution in [2.75, 3.05) is 0 Å². The molecule has 6 heteroatoms. The Balaban J connectivity index is 1.72. The van der Waals surface area contributed by atoms with E-state index in [1.54, 1.807) is 18.0 Å². The molecule has 0 aliphatic heterocycles. The second-order valence-corrected chi connectivity index (χ2v) is 7.72. The Kier molecular flexibility index (Phi) is 5.05. The maximum atomic E-state index is 6.08. The number of hydrogen-bond acceptors (Lipinski definition) is 4. The van der Waals surface area contributed by atoms with Gasteiger partial charge in [-0.2, -0.15) is 0 Å². The van der Waals surface area contributed by atoms with Crippen LogP contribution in [0, 0.1) is 6.92 Å². The average Bonchev–Trinajstić information content (AvgIpc) is 3.26. The minimum absolute atomic E-state index is 0.0877. The average molecular weight is 396 g/mol. The molecule has 4 rings (SSSR count). The normalized spacial score (nSPS) is 12.3. The summed E-state index contributed by atoms with van der Waals surface area (Å²) in [7, 11) is 1.98. The molecule has 4 aromatic rings. The summed E-state index contributed by atoms with van der Waals surface area (Å²) in [6, 6.07) is 20.3. The molecule has 0 amide bonds. The van der Waals surface area contributed by atoms with Gasteiger partial charge in [0.25, 0.3) is 0 Å². The van der Waals surface area contributed by atoms with Crippen molar-refractivity contribution < 1.29 is 4.42 Å². The van der Waals surface area contributed by atoms with E-state index < -0.39 is 0 Å². The quantitative estimate of drug-likeness (QED) is 0.393. The molecule has 4 nitrogen and oxygen atoms in total. The van der Waals surface area contributed by atoms with Crippen LogP contribution in [0.2, 0.25) is 5.02 Å². The van der Waals surface area contributed by atoms with E-state index in [0.29, 0.717) is 0 Å². The molecule has 2 aromatic carbocycles. The maximum absolute atomic E-state index is 6.08. The minimum atomic E-state index is 0.0877. The van der Waals surface area contributed by atoms with Gasteiger partial charge in [-0.1, -0.05) is 65.8 Å². The molecule has 1 atom stereocenters. The number of aromatic nitrogens is 3. The molecule has 1 unspecified atom stereocenters. The second-order valence-electron chi connectivity index (χ2n) is 6.22. The number of aryl methyl sites for hydroxylation is 1. The summed E-state index contributed by atoms with van der Waals surface area (Å²) >= 11 is 7.75. The van der Waals surface area contributed by atoms with Crippen molar-refractivity contribution in [3.63, 3.8) is 0 Å². The molecule has 27 heavy (non-hydrogen) atoms. The monoisotopic (exact) mass is 395 g/mol. The van der Waals surface area contributed by atoms with Gasteiger partial charge in [0, 0.05) is 12.1 Å². The van der Waals surface area contributed by atoms with E-state index in [0.717, 1.165) is 27.3 Å². The summed E-state index contributed by atoms with van der Waals surface area (Å²) in [4.78, 5) is 0. The lowest BCUT2D eigenvalue weighted by Crippen LogP contribution is -2.00. The number of halogens is 1. The lowest BCUT2D eigenvalue weighted by Gasteiger charge is -2.17. The molecule has 0 fully saturated rings. The van der Waals surface area contributed by atoms with Crippen LogP contribution in [-0.2, 0) is 7.05 Å². The van der Waals surface area contributed by atoms with E-state index in [2.05, 4.69) is 46.6 Å². The molecule has 0 bridgehead atoms. The number of thioether (sulfide) groups is 1. The van der Waals surface area contributed by atoms with Gasteiger partial charge in [0.2, 0.25) is 0 Å². The van der Waals surface area contributed by atoms with Crippen LogP contribution in [0.4, 0.5) is 0 Å². The Hall–Kier alpha value is -2.50. The van der Waals surface area contributed by atoms with Gasteiger partial charge < -0.3 is 8.98 Å². The van der Waals surface area contributed by atoms with Crippen LogP contribution in [0.3, 0.4) is 0 Å². The third-order valence-electron chi connectivity index (χ3n) is 4.43. The van der Waals surface area contributed by atoms with E-state index in [9.17, 15) is 0 Å². The van der Waals surface area contributed by atoms with E-state index in [1.165, 1.54) is 11.1 Å². The largest absolute Gasteiger partial charge is 0.469 e. The molecule has 0 saturated carbocycles. The van der Waals surface area contributed by atoms with E-state index in [-0.39, 0.29) is 5.25 Å². The predicted octanol–water partition coefficient (Wildman–Crippen LogP) is 5.92. The van der Waals surface area contributed by atoms with Crippen LogP contribution < -0.4 is 0 Å². The smallest absolute Gasteiger partial charge is 0.192 e. The first-order chi connectivity index (χ1) is 13.1. The lowest BCUT2D eigenvalue weighted by atomic mass is 10.0. The Morgan fingerprint density at radius 3 is 2.33 bits per heavy atom. The second kappa shape index (κ2) is 7.62. The molecular formula is C21H18ClN3OS. The SMILES string of the molecule is Cc1occc1-c1nnc(SC(c2ccccc2)c2ccc(Cl)cc2)n1C. The van der Waals surface area contributed by atoms with Crippen molar-refractivity contribution in [2.45, 2.75) is 17.3 Å². The first-order valence-electron chi connectivity index (χ1n) is 8.54. The van der Waals surface area contributed by atoms with E-state index in [4.69, 9.17) is 16.0 Å². The lowest BCUT2D eigenvalue weighted by molar-refractivity contribution is 0.534. The number of hydrogen-bond donors (Lipinski definition) is 0. The molecule has 0 saturated heterocycles. The van der Waals surface area contributed by atoms with Gasteiger partial charge in [0.05, 0.1) is 17.1 Å². The van der Waals surface area contributed by atoms with Crippen LogP contribution >= 0.6 is 23.4 Å². The van der Waals surface area contributed by atoms with Crippen LogP contribution in [0.5, 0.6) is 0 Å². The van der Waals surface area contributed by atoms with Crippen molar-refractivity contribution in [3.8, 4) is 11.4 Å². The van der Waals surface area contributed by atoms with E-state index in [1.807, 2.05) is 42.8 Å². The van der Waals surface area contributed by atoms with Crippen molar-refractivity contribution in [1.82, 2.24) is 14.8 Å². The van der Waals surface area contributed by atoms with Crippen molar-refractivity contribution >= 4 is 23.4 Å². The zero-order valence-electron chi connectivity index (χ0n) is 15.0. The minimum Gasteiger partial charge on any atom is -0.469 e. The number of nitrogens with zero attached hydrogens (tertiary/aromatic N) is 3. The predicted molar refractivity (Wildman–Crippen MR) is 109 cm³/mol. The number of rotatable bonds is 5. The van der Waals surface area contributed by atoms with Gasteiger partial charge >= 0.3 is 0 Å². The van der Waals surface area contributed by atoms with Crippen molar-refractivity contribution in [2.24, 2.45) is 7.05 Å². The molecule has 0 N–H and O–H groups in total. The zero-order valence-corrected chi connectivity index (χ0v) is 16.5. The standard InChI is InChI=1S/C21H18ClN3OS/c1-14-18(12-13-26-14)20-23-24-21(25(20)2)27-19(15-6-4-3-5-7-15)16-8-10-17(22)11-9-16/h3-13,19H,1-2H3. The third-order valence-corrected chi connectivity index (χ3v) is 6.03. The summed E-state index contributed by atoms with van der Waals surface area (Å²) in [5.74, 6) is 1.63. The van der Waals surface area contributed by atoms with Gasteiger partial charge in [-0.15, -0.1) is 10.2 Å². The maximum Gasteiger partial charge on any atom is 0.192 e. The van der Waals surface area contributed by atoms with Crippen LogP contribution in [0.1, 0.15) is 22.1 Å². The highest BCUT2D eigenvalue weighted by atomic mass is 35.5. The first-order valence-corrected chi connectivity index (χ1v) is 9.80. The summed E-state index contributed by atoms with van der Waals surface area (Å²) in [5, 5.41) is 10.5. The Morgan fingerprint density at radius 2 is 1.67 bits per heavy atom. The van der Waals surface area contributed by atoms with Gasteiger partial charge in [0.1, 0.15) is 5.76 Å². The Morgan fingerprint density at radius 1 is 0.963 bits per heavy atom. The molecule has 0 aliphatic rings. The summed E-state index contributed by atoms with van der Waals surface area (Å²) < 4.78 is 7.42. The topological polar surface area (TPSA) is 43.9 Å². The molecule has 0 aliphatic carbocycles. The fourth-order valence-corrected chi connectivity index (χ4v) is 4.22.